The minimum absolute atomic E-state index is 0.282. The summed E-state index contributed by atoms with van der Waals surface area (Å²) in [5.74, 6) is -0.708. The highest BCUT2D eigenvalue weighted by Gasteiger charge is 2.18. The summed E-state index contributed by atoms with van der Waals surface area (Å²) in [6.45, 7) is 1.97. The van der Waals surface area contributed by atoms with Crippen molar-refractivity contribution >= 4 is 34.4 Å². The molecule has 0 fully saturated rings. The quantitative estimate of drug-likeness (QED) is 0.324. The number of carbonyl (C=O) groups excluding carboxylic acids is 2. The number of rotatable bonds is 6. The Morgan fingerprint density at radius 1 is 1.03 bits per heavy atom. The molecule has 33 heavy (non-hydrogen) atoms. The number of esters is 1. The van der Waals surface area contributed by atoms with Gasteiger partial charge in [0.2, 0.25) is 0 Å². The predicted molar refractivity (Wildman–Crippen MR) is 129 cm³/mol. The van der Waals surface area contributed by atoms with Gasteiger partial charge in [-0.25, -0.2) is 9.78 Å². The first-order chi connectivity index (χ1) is 16.0. The van der Waals surface area contributed by atoms with Gasteiger partial charge in [0.15, 0.2) is 5.13 Å². The summed E-state index contributed by atoms with van der Waals surface area (Å²) in [6.07, 6.45) is 9.63. The summed E-state index contributed by atoms with van der Waals surface area (Å²) in [6, 6.07) is 13.1. The van der Waals surface area contributed by atoms with Crippen LogP contribution < -0.4 is 5.32 Å². The molecule has 0 atom stereocenters. The maximum absolute atomic E-state index is 12.6. The zero-order valence-electron chi connectivity index (χ0n) is 18.0. The number of hydrogen-bond donors (Lipinski definition) is 1. The van der Waals surface area contributed by atoms with Gasteiger partial charge in [-0.15, -0.1) is 0 Å². The van der Waals surface area contributed by atoms with Crippen molar-refractivity contribution in [3.8, 4) is 21.7 Å². The lowest BCUT2D eigenvalue weighted by Crippen LogP contribution is -2.11. The summed E-state index contributed by atoms with van der Waals surface area (Å²) >= 11 is 1.38. The number of thiazole rings is 1. The maximum atomic E-state index is 12.6. The molecule has 1 N–H and O–H groups in total. The Balaban J connectivity index is 1.76. The minimum Gasteiger partial charge on any atom is -0.466 e. The smallest absolute Gasteiger partial charge is 0.330 e. The normalized spacial score (nSPS) is 10.8. The van der Waals surface area contributed by atoms with E-state index in [1.165, 1.54) is 30.7 Å². The molecule has 4 rings (SSSR count). The summed E-state index contributed by atoms with van der Waals surface area (Å²) in [7, 11) is 1.34. The van der Waals surface area contributed by atoms with E-state index in [1.54, 1.807) is 36.8 Å². The number of benzene rings is 1. The first-order valence-corrected chi connectivity index (χ1v) is 10.9. The monoisotopic (exact) mass is 456 g/mol. The second-order valence-electron chi connectivity index (χ2n) is 7.12. The number of pyridine rings is 2. The van der Waals surface area contributed by atoms with E-state index >= 15 is 0 Å². The Hall–Kier alpha value is -4.17. The molecule has 0 saturated heterocycles. The number of aromatic nitrogens is 3. The Morgan fingerprint density at radius 2 is 1.85 bits per heavy atom. The van der Waals surface area contributed by atoms with Crippen LogP contribution in [0, 0.1) is 6.92 Å². The largest absolute Gasteiger partial charge is 0.466 e. The molecule has 0 aliphatic rings. The molecule has 0 unspecified atom stereocenters. The number of carbonyl (C=O) groups is 2. The van der Waals surface area contributed by atoms with Crippen LogP contribution >= 0.6 is 11.3 Å². The van der Waals surface area contributed by atoms with E-state index in [0.717, 1.165) is 32.8 Å². The molecule has 164 valence electrons. The van der Waals surface area contributed by atoms with Gasteiger partial charge in [-0.3, -0.25) is 20.1 Å². The van der Waals surface area contributed by atoms with Crippen molar-refractivity contribution in [3.63, 3.8) is 0 Å². The van der Waals surface area contributed by atoms with Gasteiger partial charge >= 0.3 is 5.97 Å². The predicted octanol–water partition coefficient (Wildman–Crippen LogP) is 5.01. The van der Waals surface area contributed by atoms with E-state index in [4.69, 9.17) is 4.98 Å². The van der Waals surface area contributed by atoms with Gasteiger partial charge < -0.3 is 4.74 Å². The fraction of sp³-hybridized carbons (Fsp3) is 0.0800. The van der Waals surface area contributed by atoms with Crippen molar-refractivity contribution in [2.24, 2.45) is 0 Å². The van der Waals surface area contributed by atoms with Crippen LogP contribution in [-0.4, -0.2) is 33.9 Å². The lowest BCUT2D eigenvalue weighted by molar-refractivity contribution is -0.134. The van der Waals surface area contributed by atoms with E-state index in [9.17, 15) is 9.59 Å². The Morgan fingerprint density at radius 3 is 2.58 bits per heavy atom. The number of anilines is 1. The highest BCUT2D eigenvalue weighted by Crippen LogP contribution is 2.39. The van der Waals surface area contributed by atoms with E-state index in [-0.39, 0.29) is 5.91 Å². The standard InChI is InChI=1S/C25H20N4O3S/c1-16-12-17(5-6-21(30)32-2)14-20(13-16)22-23(18-7-10-26-11-8-18)33-25(28-22)29-24(31)19-4-3-9-27-15-19/h3-15H,1-2H3,(H,28,29,31)/b6-5+. The molecule has 8 heteroatoms. The Labute approximate surface area is 194 Å². The lowest BCUT2D eigenvalue weighted by Gasteiger charge is -2.06. The number of amides is 1. The highest BCUT2D eigenvalue weighted by molar-refractivity contribution is 7.19. The molecule has 4 aromatic rings. The van der Waals surface area contributed by atoms with Crippen LogP contribution in [0.4, 0.5) is 5.13 Å². The molecule has 3 heterocycles. The molecule has 1 aromatic carbocycles. The SMILES string of the molecule is COC(=O)/C=C/c1cc(C)cc(-c2nc(NC(=O)c3cccnc3)sc2-c2ccncc2)c1. The van der Waals surface area contributed by atoms with Gasteiger partial charge in [0.25, 0.3) is 5.91 Å². The highest BCUT2D eigenvalue weighted by atomic mass is 32.1. The van der Waals surface area contributed by atoms with E-state index in [0.29, 0.717) is 10.7 Å². The molecule has 0 spiro atoms. The summed E-state index contributed by atoms with van der Waals surface area (Å²) < 4.78 is 4.68. The summed E-state index contributed by atoms with van der Waals surface area (Å²) in [5, 5.41) is 3.34. The molecule has 7 nitrogen and oxygen atoms in total. The van der Waals surface area contributed by atoms with Crippen LogP contribution in [0.3, 0.4) is 0 Å². The van der Waals surface area contributed by atoms with Crippen molar-refractivity contribution in [1.29, 1.82) is 0 Å². The second-order valence-corrected chi connectivity index (χ2v) is 8.12. The maximum Gasteiger partial charge on any atom is 0.330 e. The van der Waals surface area contributed by atoms with Gasteiger partial charge in [-0.2, -0.15) is 0 Å². The van der Waals surface area contributed by atoms with Crippen LogP contribution in [0.25, 0.3) is 27.8 Å². The van der Waals surface area contributed by atoms with Gasteiger partial charge in [0.05, 0.1) is 23.2 Å². The lowest BCUT2D eigenvalue weighted by atomic mass is 10.0. The number of methoxy groups -OCH3 is 1. The van der Waals surface area contributed by atoms with Crippen molar-refractivity contribution in [1.82, 2.24) is 15.0 Å². The van der Waals surface area contributed by atoms with E-state index in [2.05, 4.69) is 20.0 Å². The van der Waals surface area contributed by atoms with Crippen molar-refractivity contribution in [2.75, 3.05) is 12.4 Å². The third-order valence-electron chi connectivity index (χ3n) is 4.70. The molecule has 3 aromatic heterocycles. The summed E-state index contributed by atoms with van der Waals surface area (Å²) in [5.41, 5.74) is 4.82. The Bertz CT molecular complexity index is 1320. The van der Waals surface area contributed by atoms with Gasteiger partial charge in [0, 0.05) is 36.4 Å². The summed E-state index contributed by atoms with van der Waals surface area (Å²) in [4.78, 5) is 37.9. The molecule has 1 amide bonds. The number of nitrogens with one attached hydrogen (secondary N) is 1. The molecule has 0 aliphatic heterocycles. The third kappa shape index (κ3) is 5.36. The van der Waals surface area contributed by atoms with Crippen LogP contribution in [0.2, 0.25) is 0 Å². The average molecular weight is 457 g/mol. The van der Waals surface area contributed by atoms with Crippen molar-refractivity contribution in [3.05, 3.63) is 90.0 Å². The van der Waals surface area contributed by atoms with E-state index in [1.807, 2.05) is 37.3 Å². The molecule has 0 aliphatic carbocycles. The van der Waals surface area contributed by atoms with Crippen molar-refractivity contribution in [2.45, 2.75) is 6.92 Å². The first kappa shape index (κ1) is 22.0. The van der Waals surface area contributed by atoms with Crippen LogP contribution in [-0.2, 0) is 9.53 Å². The Kier molecular flexibility index (Phi) is 6.66. The number of aryl methyl sites for hydroxylation is 1. The van der Waals surface area contributed by atoms with Gasteiger partial charge in [0.1, 0.15) is 0 Å². The third-order valence-corrected chi connectivity index (χ3v) is 5.72. The molecular weight excluding hydrogens is 436 g/mol. The van der Waals surface area contributed by atoms with Crippen LogP contribution in [0.5, 0.6) is 0 Å². The topological polar surface area (TPSA) is 94.1 Å². The molecule has 0 radical (unpaired) electrons. The van der Waals surface area contributed by atoms with Crippen LogP contribution in [0.1, 0.15) is 21.5 Å². The second kappa shape index (κ2) is 9.97. The minimum atomic E-state index is -0.426. The number of nitrogens with zero attached hydrogens (tertiary/aromatic N) is 3. The molecule has 0 bridgehead atoms. The molecule has 0 saturated carbocycles. The zero-order chi connectivity index (χ0) is 23.2. The van der Waals surface area contributed by atoms with E-state index < -0.39 is 5.97 Å². The fourth-order valence-corrected chi connectivity index (χ4v) is 4.20. The number of ether oxygens (including phenoxy) is 1. The van der Waals surface area contributed by atoms with Crippen molar-refractivity contribution < 1.29 is 14.3 Å². The average Bonchev–Trinajstić information content (AvgIpc) is 3.27. The van der Waals surface area contributed by atoms with Gasteiger partial charge in [-0.1, -0.05) is 17.4 Å². The van der Waals surface area contributed by atoms with Crippen LogP contribution in [0.15, 0.2) is 73.3 Å². The van der Waals surface area contributed by atoms with Gasteiger partial charge in [-0.05, 0) is 66.1 Å². The first-order valence-electron chi connectivity index (χ1n) is 10.0. The molecular formula is C25H20N4O3S. The number of hydrogen-bond acceptors (Lipinski definition) is 7. The fourth-order valence-electron chi connectivity index (χ4n) is 3.21. The zero-order valence-corrected chi connectivity index (χ0v) is 18.8.